The summed E-state index contributed by atoms with van der Waals surface area (Å²) >= 11 is 0. The molecule has 0 radical (unpaired) electrons. The fourth-order valence-corrected chi connectivity index (χ4v) is 4.04. The third-order valence-corrected chi connectivity index (χ3v) is 5.96. The van der Waals surface area contributed by atoms with Gasteiger partial charge in [0.15, 0.2) is 6.61 Å². The minimum Gasteiger partial charge on any atom is -0.484 e. The minimum absolute atomic E-state index is 0.0182. The topological polar surface area (TPSA) is 84.4 Å². The Bertz CT molecular complexity index is 920. The van der Waals surface area contributed by atoms with Gasteiger partial charge in [0.05, 0.1) is 6.42 Å². The maximum Gasteiger partial charge on any atom is 0.260 e. The molecule has 2 aromatic rings. The summed E-state index contributed by atoms with van der Waals surface area (Å²) in [5, 5.41) is 3.03. The number of hydrogen-bond acceptors (Lipinski definition) is 5. The molecule has 1 saturated heterocycles. The van der Waals surface area contributed by atoms with E-state index >= 15 is 0 Å². The Labute approximate surface area is 183 Å². The van der Waals surface area contributed by atoms with Gasteiger partial charge in [0.2, 0.25) is 5.91 Å². The van der Waals surface area contributed by atoms with Gasteiger partial charge in [-0.15, -0.1) is 0 Å². The first-order valence-electron chi connectivity index (χ1n) is 11.1. The lowest BCUT2D eigenvalue weighted by atomic mass is 9.96. The van der Waals surface area contributed by atoms with Crippen LogP contribution in [0.5, 0.6) is 5.75 Å². The zero-order valence-corrected chi connectivity index (χ0v) is 18.3. The summed E-state index contributed by atoms with van der Waals surface area (Å²) in [6, 6.07) is 9.73. The van der Waals surface area contributed by atoms with Crippen molar-refractivity contribution in [2.75, 3.05) is 19.7 Å². The molecule has 1 aromatic carbocycles. The summed E-state index contributed by atoms with van der Waals surface area (Å²) < 4.78 is 5.62. The zero-order valence-electron chi connectivity index (χ0n) is 18.3. The number of amides is 2. The van der Waals surface area contributed by atoms with E-state index in [-0.39, 0.29) is 24.3 Å². The molecule has 0 spiro atoms. The van der Waals surface area contributed by atoms with Crippen LogP contribution in [-0.2, 0) is 16.0 Å². The van der Waals surface area contributed by atoms with E-state index in [4.69, 9.17) is 14.7 Å². The van der Waals surface area contributed by atoms with Crippen molar-refractivity contribution in [3.05, 3.63) is 53.1 Å². The Morgan fingerprint density at radius 2 is 1.81 bits per heavy atom. The number of rotatable bonds is 7. The van der Waals surface area contributed by atoms with E-state index in [1.807, 2.05) is 49.1 Å². The Morgan fingerprint density at radius 1 is 1.10 bits per heavy atom. The summed E-state index contributed by atoms with van der Waals surface area (Å²) in [5.74, 6) is 1.58. The highest BCUT2D eigenvalue weighted by Gasteiger charge is 2.28. The SMILES string of the molecule is Cc1nc(C2CCCN(C(=O)COc3ccccc3)C2)nc(C)c1CC(=O)NC1CC1. The molecule has 31 heavy (non-hydrogen) atoms. The predicted octanol–water partition coefficient (Wildman–Crippen LogP) is 2.70. The second kappa shape index (κ2) is 9.45. The smallest absolute Gasteiger partial charge is 0.260 e. The number of aromatic nitrogens is 2. The highest BCUT2D eigenvalue weighted by molar-refractivity contribution is 5.79. The van der Waals surface area contributed by atoms with Crippen molar-refractivity contribution in [2.45, 2.75) is 57.9 Å². The highest BCUT2D eigenvalue weighted by Crippen LogP contribution is 2.26. The molecule has 1 aliphatic carbocycles. The second-order valence-electron chi connectivity index (χ2n) is 8.53. The summed E-state index contributed by atoms with van der Waals surface area (Å²) in [6.07, 6.45) is 4.33. The van der Waals surface area contributed by atoms with Crippen LogP contribution in [0.15, 0.2) is 30.3 Å². The van der Waals surface area contributed by atoms with Crippen LogP contribution >= 0.6 is 0 Å². The summed E-state index contributed by atoms with van der Waals surface area (Å²) in [5.41, 5.74) is 2.61. The van der Waals surface area contributed by atoms with Crippen molar-refractivity contribution in [3.63, 3.8) is 0 Å². The van der Waals surface area contributed by atoms with E-state index in [1.165, 1.54) is 0 Å². The van der Waals surface area contributed by atoms with Crippen LogP contribution in [0, 0.1) is 13.8 Å². The summed E-state index contributed by atoms with van der Waals surface area (Å²) in [7, 11) is 0. The lowest BCUT2D eigenvalue weighted by Crippen LogP contribution is -2.42. The van der Waals surface area contributed by atoms with Gasteiger partial charge in [0.1, 0.15) is 11.6 Å². The largest absolute Gasteiger partial charge is 0.484 e. The van der Waals surface area contributed by atoms with Gasteiger partial charge in [-0.2, -0.15) is 0 Å². The van der Waals surface area contributed by atoms with E-state index < -0.39 is 0 Å². The first kappa shape index (κ1) is 21.3. The van der Waals surface area contributed by atoms with E-state index in [2.05, 4.69) is 5.32 Å². The van der Waals surface area contributed by atoms with Gasteiger partial charge in [-0.05, 0) is 51.7 Å². The van der Waals surface area contributed by atoms with Crippen LogP contribution in [-0.4, -0.2) is 52.4 Å². The number of carbonyl (C=O) groups excluding carboxylic acids is 2. The number of piperidine rings is 1. The Morgan fingerprint density at radius 3 is 2.48 bits per heavy atom. The number of nitrogens with one attached hydrogen (secondary N) is 1. The van der Waals surface area contributed by atoms with E-state index in [1.54, 1.807) is 0 Å². The highest BCUT2D eigenvalue weighted by atomic mass is 16.5. The van der Waals surface area contributed by atoms with Gasteiger partial charge < -0.3 is 15.0 Å². The molecule has 7 nitrogen and oxygen atoms in total. The fraction of sp³-hybridized carbons (Fsp3) is 0.500. The molecule has 2 aliphatic rings. The first-order chi connectivity index (χ1) is 15.0. The predicted molar refractivity (Wildman–Crippen MR) is 117 cm³/mol. The molecule has 2 amide bonds. The minimum atomic E-state index is -0.0182. The van der Waals surface area contributed by atoms with Gasteiger partial charge in [-0.25, -0.2) is 9.97 Å². The van der Waals surface area contributed by atoms with Crippen LogP contribution in [0.2, 0.25) is 0 Å². The molecule has 1 N–H and O–H groups in total. The molecule has 1 saturated carbocycles. The molecule has 7 heteroatoms. The Balaban J connectivity index is 1.38. The standard InChI is InChI=1S/C24H30N4O3/c1-16-21(13-22(29)27-19-10-11-19)17(2)26-24(25-16)18-7-6-12-28(14-18)23(30)15-31-20-8-4-3-5-9-20/h3-5,8-9,18-19H,6-7,10-15H2,1-2H3,(H,27,29). The molecular weight excluding hydrogens is 392 g/mol. The number of carbonyl (C=O) groups is 2. The molecule has 1 atom stereocenters. The van der Waals surface area contributed by atoms with E-state index in [0.717, 1.165) is 55.0 Å². The number of likely N-dealkylation sites (tertiary alicyclic amines) is 1. The molecule has 1 aliphatic heterocycles. The third-order valence-electron chi connectivity index (χ3n) is 5.96. The molecule has 164 valence electrons. The van der Waals surface area contributed by atoms with Crippen LogP contribution in [0.3, 0.4) is 0 Å². The van der Waals surface area contributed by atoms with Crippen LogP contribution < -0.4 is 10.1 Å². The Hall–Kier alpha value is -2.96. The number of benzene rings is 1. The zero-order chi connectivity index (χ0) is 21.8. The third kappa shape index (κ3) is 5.60. The van der Waals surface area contributed by atoms with Gasteiger partial charge >= 0.3 is 0 Å². The average molecular weight is 423 g/mol. The molecule has 2 heterocycles. The van der Waals surface area contributed by atoms with Crippen molar-refractivity contribution in [3.8, 4) is 5.75 Å². The van der Waals surface area contributed by atoms with Gasteiger partial charge in [0, 0.05) is 42.0 Å². The van der Waals surface area contributed by atoms with Crippen molar-refractivity contribution in [1.29, 1.82) is 0 Å². The lowest BCUT2D eigenvalue weighted by molar-refractivity contribution is -0.134. The summed E-state index contributed by atoms with van der Waals surface area (Å²) in [4.78, 5) is 36.2. The van der Waals surface area contributed by atoms with Gasteiger partial charge in [-0.3, -0.25) is 9.59 Å². The van der Waals surface area contributed by atoms with E-state index in [9.17, 15) is 9.59 Å². The summed E-state index contributed by atoms with van der Waals surface area (Å²) in [6.45, 7) is 5.24. The lowest BCUT2D eigenvalue weighted by Gasteiger charge is -2.32. The Kier molecular flexibility index (Phi) is 6.49. The van der Waals surface area contributed by atoms with Crippen molar-refractivity contribution < 1.29 is 14.3 Å². The fourth-order valence-electron chi connectivity index (χ4n) is 4.04. The first-order valence-corrected chi connectivity index (χ1v) is 11.1. The van der Waals surface area contributed by atoms with Gasteiger partial charge in [-0.1, -0.05) is 18.2 Å². The van der Waals surface area contributed by atoms with E-state index in [0.29, 0.717) is 24.8 Å². The molecule has 2 fully saturated rings. The maximum absolute atomic E-state index is 12.7. The number of nitrogens with zero attached hydrogens (tertiary/aromatic N) is 3. The molecule has 0 bridgehead atoms. The maximum atomic E-state index is 12.7. The quantitative estimate of drug-likeness (QED) is 0.742. The second-order valence-corrected chi connectivity index (χ2v) is 8.53. The normalized spacial score (nSPS) is 18.5. The molecule has 1 aromatic heterocycles. The average Bonchev–Trinajstić information content (AvgIpc) is 3.59. The molecule has 1 unspecified atom stereocenters. The van der Waals surface area contributed by atoms with Crippen LogP contribution in [0.25, 0.3) is 0 Å². The molecule has 4 rings (SSSR count). The van der Waals surface area contributed by atoms with Gasteiger partial charge in [0.25, 0.3) is 5.91 Å². The van der Waals surface area contributed by atoms with Crippen LogP contribution in [0.4, 0.5) is 0 Å². The number of aryl methyl sites for hydroxylation is 2. The van der Waals surface area contributed by atoms with Crippen molar-refractivity contribution in [1.82, 2.24) is 20.2 Å². The van der Waals surface area contributed by atoms with Crippen molar-refractivity contribution >= 4 is 11.8 Å². The monoisotopic (exact) mass is 422 g/mol. The number of para-hydroxylation sites is 1. The number of ether oxygens (including phenoxy) is 1. The van der Waals surface area contributed by atoms with Crippen molar-refractivity contribution in [2.24, 2.45) is 0 Å². The van der Waals surface area contributed by atoms with Crippen LogP contribution in [0.1, 0.15) is 54.4 Å². The molecular formula is C24H30N4O3. The number of hydrogen-bond donors (Lipinski definition) is 1.